The van der Waals surface area contributed by atoms with Gasteiger partial charge in [0.15, 0.2) is 6.29 Å². The molecule has 2 rings (SSSR count). The molecule has 0 aliphatic rings. The fraction of sp³-hybridized carbons (Fsp3) is 0.188. The van der Waals surface area contributed by atoms with E-state index < -0.39 is 0 Å². The van der Waals surface area contributed by atoms with Crippen molar-refractivity contribution in [2.45, 2.75) is 13.2 Å². The number of rotatable bonds is 6. The van der Waals surface area contributed by atoms with E-state index >= 15 is 0 Å². The Morgan fingerprint density at radius 1 is 1.10 bits per heavy atom. The van der Waals surface area contributed by atoms with Crippen LogP contribution >= 0.6 is 0 Å². The number of benzene rings is 2. The van der Waals surface area contributed by atoms with Gasteiger partial charge in [-0.25, -0.2) is 0 Å². The van der Waals surface area contributed by atoms with E-state index in [1.807, 2.05) is 24.3 Å². The Morgan fingerprint density at radius 2 is 1.80 bits per heavy atom. The van der Waals surface area contributed by atoms with Gasteiger partial charge in [0.25, 0.3) is 0 Å². The summed E-state index contributed by atoms with van der Waals surface area (Å²) in [5, 5.41) is 8.97. The molecule has 20 heavy (non-hydrogen) atoms. The van der Waals surface area contributed by atoms with Crippen LogP contribution in [0.4, 0.5) is 0 Å². The molecule has 0 aromatic heterocycles. The summed E-state index contributed by atoms with van der Waals surface area (Å²) in [6.07, 6.45) is 0.743. The number of carbonyl (C=O) groups is 1. The minimum atomic E-state index is 0.0227. The van der Waals surface area contributed by atoms with Crippen LogP contribution in [0.25, 0.3) is 0 Å². The van der Waals surface area contributed by atoms with Crippen LogP contribution in [0.5, 0.6) is 11.5 Å². The quantitative estimate of drug-likeness (QED) is 0.821. The fourth-order valence-corrected chi connectivity index (χ4v) is 1.78. The number of hydrogen-bond acceptors (Lipinski definition) is 4. The molecule has 0 atom stereocenters. The van der Waals surface area contributed by atoms with Crippen LogP contribution in [0.1, 0.15) is 21.5 Å². The van der Waals surface area contributed by atoms with Crippen LogP contribution in [-0.2, 0) is 13.2 Å². The predicted molar refractivity (Wildman–Crippen MR) is 75.1 cm³/mol. The maximum Gasteiger partial charge on any atom is 0.153 e. The number of ether oxygens (including phenoxy) is 2. The predicted octanol–water partition coefficient (Wildman–Crippen LogP) is 2.58. The number of methoxy groups -OCH3 is 1. The maximum atomic E-state index is 11.0. The van der Waals surface area contributed by atoms with Crippen LogP contribution in [0.3, 0.4) is 0 Å². The first-order valence-corrected chi connectivity index (χ1v) is 6.21. The van der Waals surface area contributed by atoms with Gasteiger partial charge in [-0.1, -0.05) is 24.3 Å². The van der Waals surface area contributed by atoms with E-state index in [-0.39, 0.29) is 6.61 Å². The summed E-state index contributed by atoms with van der Waals surface area (Å²) in [6, 6.07) is 12.5. The van der Waals surface area contributed by atoms with Crippen molar-refractivity contribution in [2.24, 2.45) is 0 Å². The van der Waals surface area contributed by atoms with Crippen LogP contribution in [-0.4, -0.2) is 18.5 Å². The lowest BCUT2D eigenvalue weighted by atomic mass is 10.1. The first-order valence-electron chi connectivity index (χ1n) is 6.21. The summed E-state index contributed by atoms with van der Waals surface area (Å²) in [4.78, 5) is 11.0. The SMILES string of the molecule is COc1ccc(OCc2ccc(CO)cc2)c(C=O)c1. The van der Waals surface area contributed by atoms with E-state index in [1.165, 1.54) is 0 Å². The van der Waals surface area contributed by atoms with Crippen LogP contribution in [0.2, 0.25) is 0 Å². The van der Waals surface area contributed by atoms with E-state index in [2.05, 4.69) is 0 Å². The highest BCUT2D eigenvalue weighted by molar-refractivity contribution is 5.80. The van der Waals surface area contributed by atoms with Crippen molar-refractivity contribution < 1.29 is 19.4 Å². The number of aliphatic hydroxyl groups is 1. The zero-order chi connectivity index (χ0) is 14.4. The van der Waals surface area contributed by atoms with E-state index in [0.29, 0.717) is 23.7 Å². The highest BCUT2D eigenvalue weighted by Crippen LogP contribution is 2.23. The van der Waals surface area contributed by atoms with Gasteiger partial charge in [-0.15, -0.1) is 0 Å². The molecule has 0 aliphatic carbocycles. The molecule has 1 N–H and O–H groups in total. The molecule has 0 saturated heterocycles. The van der Waals surface area contributed by atoms with E-state index in [0.717, 1.165) is 17.4 Å². The Bertz CT molecular complexity index is 576. The molecule has 0 radical (unpaired) electrons. The van der Waals surface area contributed by atoms with Gasteiger partial charge in [-0.05, 0) is 29.3 Å². The average Bonchev–Trinajstić information content (AvgIpc) is 2.53. The van der Waals surface area contributed by atoms with Crippen LogP contribution in [0, 0.1) is 0 Å². The second kappa shape index (κ2) is 6.73. The van der Waals surface area contributed by atoms with Crippen LogP contribution < -0.4 is 9.47 Å². The fourth-order valence-electron chi connectivity index (χ4n) is 1.78. The molecule has 104 valence electrons. The van der Waals surface area contributed by atoms with E-state index in [4.69, 9.17) is 14.6 Å². The number of carbonyl (C=O) groups excluding carboxylic acids is 1. The van der Waals surface area contributed by atoms with Crippen molar-refractivity contribution in [1.29, 1.82) is 0 Å². The molecule has 0 aliphatic heterocycles. The van der Waals surface area contributed by atoms with Crippen molar-refractivity contribution in [3.63, 3.8) is 0 Å². The summed E-state index contributed by atoms with van der Waals surface area (Å²) in [5.74, 6) is 1.14. The molecular formula is C16H16O4. The molecule has 0 unspecified atom stereocenters. The van der Waals surface area contributed by atoms with E-state index in [9.17, 15) is 4.79 Å². The highest BCUT2D eigenvalue weighted by atomic mass is 16.5. The molecule has 0 bridgehead atoms. The van der Waals surface area contributed by atoms with Gasteiger partial charge in [0.05, 0.1) is 19.3 Å². The average molecular weight is 272 g/mol. The third-order valence-electron chi connectivity index (χ3n) is 2.94. The first-order chi connectivity index (χ1) is 9.76. The second-order valence-corrected chi connectivity index (χ2v) is 4.28. The van der Waals surface area contributed by atoms with Crippen molar-refractivity contribution in [3.8, 4) is 11.5 Å². The van der Waals surface area contributed by atoms with Gasteiger partial charge in [-0.3, -0.25) is 4.79 Å². The third-order valence-corrected chi connectivity index (χ3v) is 2.94. The molecule has 0 spiro atoms. The normalized spacial score (nSPS) is 10.1. The second-order valence-electron chi connectivity index (χ2n) is 4.28. The van der Waals surface area contributed by atoms with Gasteiger partial charge in [0.2, 0.25) is 0 Å². The van der Waals surface area contributed by atoms with Crippen LogP contribution in [0.15, 0.2) is 42.5 Å². The topological polar surface area (TPSA) is 55.8 Å². The summed E-state index contributed by atoms with van der Waals surface area (Å²) in [6.45, 7) is 0.383. The van der Waals surface area contributed by atoms with Gasteiger partial charge < -0.3 is 14.6 Å². The molecule has 0 fully saturated rings. The van der Waals surface area contributed by atoms with Gasteiger partial charge in [0, 0.05) is 0 Å². The van der Waals surface area contributed by atoms with Gasteiger partial charge in [0.1, 0.15) is 18.1 Å². The maximum absolute atomic E-state index is 11.0. The lowest BCUT2D eigenvalue weighted by Gasteiger charge is -2.10. The molecule has 0 heterocycles. The molecule has 4 heteroatoms. The monoisotopic (exact) mass is 272 g/mol. The largest absolute Gasteiger partial charge is 0.497 e. The molecule has 2 aromatic carbocycles. The Morgan fingerprint density at radius 3 is 2.40 bits per heavy atom. The number of hydrogen-bond donors (Lipinski definition) is 1. The van der Waals surface area contributed by atoms with Crippen molar-refractivity contribution in [3.05, 3.63) is 59.2 Å². The molecule has 4 nitrogen and oxygen atoms in total. The summed E-state index contributed by atoms with van der Waals surface area (Å²) < 4.78 is 10.7. The lowest BCUT2D eigenvalue weighted by molar-refractivity contribution is 0.111. The Balaban J connectivity index is 2.07. The van der Waals surface area contributed by atoms with Crippen molar-refractivity contribution >= 4 is 6.29 Å². The van der Waals surface area contributed by atoms with Gasteiger partial charge >= 0.3 is 0 Å². The molecule has 0 amide bonds. The molecular weight excluding hydrogens is 256 g/mol. The standard InChI is InChI=1S/C16H16O4/c1-19-15-6-7-16(14(8-15)10-18)20-11-13-4-2-12(9-17)3-5-13/h2-8,10,17H,9,11H2,1H3. The molecule has 0 saturated carbocycles. The summed E-state index contributed by atoms with van der Waals surface area (Å²) in [7, 11) is 1.55. The zero-order valence-electron chi connectivity index (χ0n) is 11.2. The number of aliphatic hydroxyl groups excluding tert-OH is 1. The summed E-state index contributed by atoms with van der Waals surface area (Å²) >= 11 is 0. The molecule has 2 aromatic rings. The summed E-state index contributed by atoms with van der Waals surface area (Å²) in [5.41, 5.74) is 2.28. The van der Waals surface area contributed by atoms with Crippen molar-refractivity contribution in [1.82, 2.24) is 0 Å². The lowest BCUT2D eigenvalue weighted by Crippen LogP contribution is -1.99. The Hall–Kier alpha value is -2.33. The zero-order valence-corrected chi connectivity index (χ0v) is 11.2. The third kappa shape index (κ3) is 3.36. The van der Waals surface area contributed by atoms with E-state index in [1.54, 1.807) is 25.3 Å². The Kier molecular flexibility index (Phi) is 4.74. The minimum absolute atomic E-state index is 0.0227. The van der Waals surface area contributed by atoms with Gasteiger partial charge in [-0.2, -0.15) is 0 Å². The van der Waals surface area contributed by atoms with Crippen molar-refractivity contribution in [2.75, 3.05) is 7.11 Å². The highest BCUT2D eigenvalue weighted by Gasteiger charge is 2.05. The first kappa shape index (κ1) is 14.1. The Labute approximate surface area is 117 Å². The number of aldehydes is 1. The smallest absolute Gasteiger partial charge is 0.153 e. The minimum Gasteiger partial charge on any atom is -0.497 e.